The molecule has 134 valence electrons. The van der Waals surface area contributed by atoms with Gasteiger partial charge in [-0.3, -0.25) is 9.20 Å². The number of rotatable bonds is 6. The predicted molar refractivity (Wildman–Crippen MR) is 87.2 cm³/mol. The predicted octanol–water partition coefficient (Wildman–Crippen LogP) is -0.118. The van der Waals surface area contributed by atoms with Gasteiger partial charge in [0.1, 0.15) is 6.04 Å². The molecule has 2 N–H and O–H groups in total. The second-order valence-corrected chi connectivity index (χ2v) is 6.05. The first kappa shape index (κ1) is 17.2. The summed E-state index contributed by atoms with van der Waals surface area (Å²) in [5.74, 6) is -1.75. The molecule has 2 aromatic rings. The number of amides is 1. The number of nitrogens with zero attached hydrogens (tertiary/aromatic N) is 3. The molecule has 1 saturated heterocycles. The van der Waals surface area contributed by atoms with Crippen molar-refractivity contribution >= 4 is 17.5 Å². The van der Waals surface area contributed by atoms with E-state index in [1.54, 1.807) is 24.4 Å². The zero-order valence-corrected chi connectivity index (χ0v) is 13.6. The van der Waals surface area contributed by atoms with Gasteiger partial charge in [0.15, 0.2) is 5.65 Å². The maximum atomic E-state index is 12.1. The van der Waals surface area contributed by atoms with E-state index in [2.05, 4.69) is 10.4 Å². The number of carboxylic acids is 1. The third-order valence-corrected chi connectivity index (χ3v) is 4.29. The van der Waals surface area contributed by atoms with Crippen molar-refractivity contribution in [2.45, 2.75) is 31.8 Å². The Hall–Kier alpha value is -2.68. The van der Waals surface area contributed by atoms with E-state index >= 15 is 0 Å². The van der Waals surface area contributed by atoms with Gasteiger partial charge in [0.05, 0.1) is 13.2 Å². The van der Waals surface area contributed by atoms with Gasteiger partial charge in [-0.15, -0.1) is 5.10 Å². The number of fused-ring (bicyclic) bond motifs is 1. The number of carbonyl (C=O) groups excluding carboxylic acids is 1. The molecule has 0 aromatic carbocycles. The van der Waals surface area contributed by atoms with Gasteiger partial charge < -0.3 is 15.2 Å². The number of hydrogen-bond acceptors (Lipinski definition) is 5. The van der Waals surface area contributed by atoms with Crippen LogP contribution in [-0.4, -0.2) is 50.4 Å². The molecule has 2 unspecified atom stereocenters. The summed E-state index contributed by atoms with van der Waals surface area (Å²) >= 11 is 0. The maximum Gasteiger partial charge on any atom is 0.350 e. The first-order valence-electron chi connectivity index (χ1n) is 8.20. The summed E-state index contributed by atoms with van der Waals surface area (Å²) in [7, 11) is 0. The Morgan fingerprint density at radius 1 is 1.44 bits per heavy atom. The maximum absolute atomic E-state index is 12.1. The van der Waals surface area contributed by atoms with Crippen LogP contribution in [0.2, 0.25) is 0 Å². The van der Waals surface area contributed by atoms with Crippen molar-refractivity contribution in [3.8, 4) is 0 Å². The Morgan fingerprint density at radius 2 is 2.28 bits per heavy atom. The largest absolute Gasteiger partial charge is 0.480 e. The van der Waals surface area contributed by atoms with Crippen LogP contribution in [0.25, 0.3) is 5.65 Å². The summed E-state index contributed by atoms with van der Waals surface area (Å²) in [4.78, 5) is 35.7. The second-order valence-electron chi connectivity index (χ2n) is 6.05. The highest BCUT2D eigenvalue weighted by atomic mass is 16.5. The van der Waals surface area contributed by atoms with E-state index in [1.165, 1.54) is 9.08 Å². The van der Waals surface area contributed by atoms with Crippen molar-refractivity contribution < 1.29 is 19.4 Å². The van der Waals surface area contributed by atoms with Crippen molar-refractivity contribution in [3.05, 3.63) is 34.9 Å². The van der Waals surface area contributed by atoms with Gasteiger partial charge in [-0.1, -0.05) is 6.07 Å². The smallest absolute Gasteiger partial charge is 0.350 e. The Kier molecular flexibility index (Phi) is 5.13. The van der Waals surface area contributed by atoms with Gasteiger partial charge in [-0.2, -0.15) is 0 Å². The minimum Gasteiger partial charge on any atom is -0.480 e. The number of carboxylic acid groups (broad SMARTS) is 1. The Morgan fingerprint density at radius 3 is 2.96 bits per heavy atom. The van der Waals surface area contributed by atoms with Crippen LogP contribution in [-0.2, 0) is 20.9 Å². The van der Waals surface area contributed by atoms with E-state index in [-0.39, 0.29) is 24.6 Å². The van der Waals surface area contributed by atoms with Crippen LogP contribution < -0.4 is 11.0 Å². The third kappa shape index (κ3) is 3.87. The van der Waals surface area contributed by atoms with E-state index in [0.717, 1.165) is 6.42 Å². The highest BCUT2D eigenvalue weighted by molar-refractivity contribution is 5.83. The molecule has 1 fully saturated rings. The van der Waals surface area contributed by atoms with Crippen molar-refractivity contribution in [2.24, 2.45) is 5.92 Å². The SMILES string of the molecule is O=C(CCn1nc2ccccn2c1=O)NC(C(=O)O)C1CCCOC1. The molecule has 2 aromatic heterocycles. The van der Waals surface area contributed by atoms with Crippen LogP contribution in [0.4, 0.5) is 0 Å². The molecular weight excluding hydrogens is 328 g/mol. The molecule has 0 radical (unpaired) electrons. The Bertz CT molecular complexity index is 821. The second kappa shape index (κ2) is 7.47. The third-order valence-electron chi connectivity index (χ3n) is 4.29. The van der Waals surface area contributed by atoms with Crippen LogP contribution in [0.1, 0.15) is 19.3 Å². The number of aromatic nitrogens is 3. The fraction of sp³-hybridized carbons (Fsp3) is 0.500. The van der Waals surface area contributed by atoms with Crippen LogP contribution in [0.5, 0.6) is 0 Å². The first-order valence-corrected chi connectivity index (χ1v) is 8.20. The monoisotopic (exact) mass is 348 g/mol. The van der Waals surface area contributed by atoms with Gasteiger partial charge in [0, 0.05) is 25.1 Å². The lowest BCUT2D eigenvalue weighted by Gasteiger charge is -2.28. The summed E-state index contributed by atoms with van der Waals surface area (Å²) in [5, 5.41) is 16.0. The lowest BCUT2D eigenvalue weighted by molar-refractivity contribution is -0.145. The highest BCUT2D eigenvalue weighted by Gasteiger charge is 2.31. The molecule has 0 spiro atoms. The van der Waals surface area contributed by atoms with Gasteiger partial charge in [-0.25, -0.2) is 14.3 Å². The molecule has 0 aliphatic carbocycles. The molecular formula is C16H20N4O5. The van der Waals surface area contributed by atoms with E-state index in [1.807, 2.05) is 0 Å². The van der Waals surface area contributed by atoms with Crippen LogP contribution in [0, 0.1) is 5.92 Å². The molecule has 0 bridgehead atoms. The highest BCUT2D eigenvalue weighted by Crippen LogP contribution is 2.18. The summed E-state index contributed by atoms with van der Waals surface area (Å²) in [5.41, 5.74) is 0.162. The topological polar surface area (TPSA) is 115 Å². The number of nitrogens with one attached hydrogen (secondary N) is 1. The number of hydrogen-bond donors (Lipinski definition) is 2. The molecule has 9 heteroatoms. The Labute approximate surface area is 143 Å². The molecule has 9 nitrogen and oxygen atoms in total. The molecule has 1 aliphatic heterocycles. The fourth-order valence-electron chi connectivity index (χ4n) is 2.98. The minimum atomic E-state index is -1.08. The fourth-order valence-corrected chi connectivity index (χ4v) is 2.98. The van der Waals surface area contributed by atoms with Crippen LogP contribution in [0.3, 0.4) is 0 Å². The van der Waals surface area contributed by atoms with Crippen LogP contribution in [0.15, 0.2) is 29.2 Å². The molecule has 0 saturated carbocycles. The molecule has 2 atom stereocenters. The van der Waals surface area contributed by atoms with E-state index in [4.69, 9.17) is 4.74 Å². The van der Waals surface area contributed by atoms with E-state index in [9.17, 15) is 19.5 Å². The number of aliphatic carboxylic acids is 1. The molecule has 3 heterocycles. The molecule has 1 amide bonds. The van der Waals surface area contributed by atoms with E-state index < -0.39 is 17.9 Å². The Balaban J connectivity index is 1.61. The standard InChI is InChI=1S/C16H20N4O5/c21-13(17-14(15(22)23)11-4-3-9-25-10-11)6-8-20-16(24)19-7-2-1-5-12(19)18-20/h1-2,5,7,11,14H,3-4,6,8-10H2,(H,17,21)(H,22,23). The summed E-state index contributed by atoms with van der Waals surface area (Å²) in [6, 6.07) is 4.20. The van der Waals surface area contributed by atoms with Crippen molar-refractivity contribution in [1.29, 1.82) is 0 Å². The quantitative estimate of drug-likeness (QED) is 0.752. The summed E-state index contributed by atoms with van der Waals surface area (Å²) < 4.78 is 7.89. The van der Waals surface area contributed by atoms with Gasteiger partial charge in [0.2, 0.25) is 5.91 Å². The van der Waals surface area contributed by atoms with Gasteiger partial charge >= 0.3 is 11.7 Å². The average Bonchev–Trinajstić information content (AvgIpc) is 2.95. The van der Waals surface area contributed by atoms with Gasteiger partial charge in [-0.05, 0) is 25.0 Å². The lowest BCUT2D eigenvalue weighted by Crippen LogP contribution is -2.48. The lowest BCUT2D eigenvalue weighted by atomic mass is 9.93. The summed E-state index contributed by atoms with van der Waals surface area (Å²) in [6.07, 6.45) is 3.05. The van der Waals surface area contributed by atoms with Crippen LogP contribution >= 0.6 is 0 Å². The first-order chi connectivity index (χ1) is 12.1. The number of ether oxygens (including phenoxy) is 1. The average molecular weight is 348 g/mol. The van der Waals surface area contributed by atoms with Crippen molar-refractivity contribution in [3.63, 3.8) is 0 Å². The molecule has 1 aliphatic rings. The zero-order valence-electron chi connectivity index (χ0n) is 13.6. The number of pyridine rings is 1. The summed E-state index contributed by atoms with van der Waals surface area (Å²) in [6.45, 7) is 1.02. The minimum absolute atomic E-state index is 0.0266. The normalized spacial score (nSPS) is 18.8. The number of aryl methyl sites for hydroxylation is 1. The van der Waals surface area contributed by atoms with Crippen molar-refractivity contribution in [1.82, 2.24) is 19.5 Å². The van der Waals surface area contributed by atoms with Gasteiger partial charge in [0.25, 0.3) is 0 Å². The number of carbonyl (C=O) groups is 2. The molecule has 25 heavy (non-hydrogen) atoms. The van der Waals surface area contributed by atoms with E-state index in [0.29, 0.717) is 25.3 Å². The van der Waals surface area contributed by atoms with Crippen molar-refractivity contribution in [2.75, 3.05) is 13.2 Å². The molecule has 3 rings (SSSR count). The zero-order chi connectivity index (χ0) is 17.8.